The number of thioether (sulfide) groups is 1. The fourth-order valence-electron chi connectivity index (χ4n) is 2.58. The van der Waals surface area contributed by atoms with Crippen LogP contribution in [0.15, 0.2) is 83.9 Å². The van der Waals surface area contributed by atoms with E-state index < -0.39 is 0 Å². The first-order chi connectivity index (χ1) is 12.7. The molecule has 0 aliphatic heterocycles. The summed E-state index contributed by atoms with van der Waals surface area (Å²) in [5.41, 5.74) is 9.24. The Morgan fingerprint density at radius 2 is 1.54 bits per heavy atom. The number of ether oxygens (including phenoxy) is 1. The minimum absolute atomic E-state index is 0.0203. The Balaban J connectivity index is 1.92. The SMILES string of the molecule is COc1ccccc1N=C(N)S[C@H](c1ccccc1)c1ccc(Cl)cc1. The van der Waals surface area contributed by atoms with Gasteiger partial charge in [0.25, 0.3) is 0 Å². The van der Waals surface area contributed by atoms with Crippen LogP contribution in [0.4, 0.5) is 5.69 Å². The molecule has 132 valence electrons. The van der Waals surface area contributed by atoms with E-state index in [9.17, 15) is 0 Å². The van der Waals surface area contributed by atoms with E-state index in [1.807, 2.05) is 66.7 Å². The molecule has 0 saturated carbocycles. The first kappa shape index (κ1) is 18.4. The fourth-order valence-corrected chi connectivity index (χ4v) is 3.69. The van der Waals surface area contributed by atoms with E-state index in [-0.39, 0.29) is 5.25 Å². The van der Waals surface area contributed by atoms with Gasteiger partial charge in [-0.3, -0.25) is 0 Å². The van der Waals surface area contributed by atoms with E-state index in [1.165, 1.54) is 11.8 Å². The first-order valence-corrected chi connectivity index (χ1v) is 9.37. The Kier molecular flexibility index (Phi) is 6.21. The van der Waals surface area contributed by atoms with Gasteiger partial charge in [-0.25, -0.2) is 4.99 Å². The Labute approximate surface area is 162 Å². The van der Waals surface area contributed by atoms with Gasteiger partial charge >= 0.3 is 0 Å². The summed E-state index contributed by atoms with van der Waals surface area (Å²) in [7, 11) is 1.62. The predicted molar refractivity (Wildman–Crippen MR) is 112 cm³/mol. The quantitative estimate of drug-likeness (QED) is 0.447. The summed E-state index contributed by atoms with van der Waals surface area (Å²) in [6, 6.07) is 25.6. The molecule has 0 fully saturated rings. The van der Waals surface area contributed by atoms with Gasteiger partial charge in [0.1, 0.15) is 11.4 Å². The number of methoxy groups -OCH3 is 1. The van der Waals surface area contributed by atoms with Crippen molar-refractivity contribution < 1.29 is 4.74 Å². The molecule has 0 radical (unpaired) electrons. The van der Waals surface area contributed by atoms with Gasteiger partial charge in [-0.2, -0.15) is 0 Å². The van der Waals surface area contributed by atoms with Crippen molar-refractivity contribution in [1.82, 2.24) is 0 Å². The van der Waals surface area contributed by atoms with Gasteiger partial charge in [0, 0.05) is 5.02 Å². The minimum Gasteiger partial charge on any atom is -0.494 e. The van der Waals surface area contributed by atoms with E-state index >= 15 is 0 Å². The standard InChI is InChI=1S/C21H19ClN2OS/c1-25-19-10-6-5-9-18(19)24-21(23)26-20(15-7-3-2-4-8-15)16-11-13-17(22)14-12-16/h2-14,20H,1H3,(H2,23,24)/t20-/m1/s1. The summed E-state index contributed by atoms with van der Waals surface area (Å²) in [5.74, 6) is 0.693. The molecule has 3 aromatic rings. The normalized spacial score (nSPS) is 12.6. The summed E-state index contributed by atoms with van der Waals surface area (Å²) in [4.78, 5) is 4.54. The van der Waals surface area contributed by atoms with Crippen molar-refractivity contribution in [3.63, 3.8) is 0 Å². The molecule has 0 aromatic heterocycles. The monoisotopic (exact) mass is 382 g/mol. The van der Waals surface area contributed by atoms with Crippen LogP contribution in [0.1, 0.15) is 16.4 Å². The smallest absolute Gasteiger partial charge is 0.160 e. The van der Waals surface area contributed by atoms with Crippen molar-refractivity contribution >= 4 is 34.2 Å². The number of nitrogens with zero attached hydrogens (tertiary/aromatic N) is 1. The molecule has 3 rings (SSSR count). The van der Waals surface area contributed by atoms with Crippen molar-refractivity contribution in [1.29, 1.82) is 0 Å². The molecule has 2 N–H and O–H groups in total. The Morgan fingerprint density at radius 3 is 2.23 bits per heavy atom. The van der Waals surface area contributed by atoms with E-state index in [0.717, 1.165) is 11.1 Å². The Hall–Kier alpha value is -2.43. The zero-order chi connectivity index (χ0) is 18.4. The summed E-state index contributed by atoms with van der Waals surface area (Å²) < 4.78 is 5.35. The number of nitrogens with two attached hydrogens (primary N) is 1. The lowest BCUT2D eigenvalue weighted by molar-refractivity contribution is 0.416. The average molecular weight is 383 g/mol. The Morgan fingerprint density at radius 1 is 0.923 bits per heavy atom. The highest BCUT2D eigenvalue weighted by Gasteiger charge is 2.17. The molecular formula is C21H19ClN2OS. The number of halogens is 1. The van der Waals surface area contributed by atoms with Gasteiger partial charge in [-0.1, -0.05) is 78.0 Å². The lowest BCUT2D eigenvalue weighted by atomic mass is 10.0. The van der Waals surface area contributed by atoms with E-state index in [0.29, 0.717) is 21.6 Å². The molecule has 0 saturated heterocycles. The predicted octanol–water partition coefficient (Wildman–Crippen LogP) is 5.82. The second-order valence-corrected chi connectivity index (χ2v) is 7.14. The molecule has 3 aromatic carbocycles. The Bertz CT molecular complexity index is 882. The number of benzene rings is 3. The van der Waals surface area contributed by atoms with Crippen molar-refractivity contribution in [2.75, 3.05) is 7.11 Å². The molecule has 3 nitrogen and oxygen atoms in total. The molecule has 0 aliphatic rings. The zero-order valence-electron chi connectivity index (χ0n) is 14.3. The topological polar surface area (TPSA) is 47.6 Å². The van der Waals surface area contributed by atoms with Crippen molar-refractivity contribution in [3.8, 4) is 5.75 Å². The summed E-state index contributed by atoms with van der Waals surface area (Å²) >= 11 is 7.54. The molecule has 1 atom stereocenters. The van der Waals surface area contributed by atoms with Crippen LogP contribution in [-0.4, -0.2) is 12.3 Å². The maximum absolute atomic E-state index is 6.27. The molecule has 0 amide bonds. The molecule has 0 bridgehead atoms. The van der Waals surface area contributed by atoms with Crippen molar-refractivity contribution in [2.24, 2.45) is 10.7 Å². The number of hydrogen-bond acceptors (Lipinski definition) is 3. The highest BCUT2D eigenvalue weighted by Crippen LogP contribution is 2.37. The fraction of sp³-hybridized carbons (Fsp3) is 0.0952. The number of aliphatic imine (C=N–C) groups is 1. The molecule has 0 unspecified atom stereocenters. The number of hydrogen-bond donors (Lipinski definition) is 1. The van der Waals surface area contributed by atoms with Gasteiger partial charge in [0.15, 0.2) is 5.17 Å². The van der Waals surface area contributed by atoms with Gasteiger partial charge in [-0.15, -0.1) is 0 Å². The van der Waals surface area contributed by atoms with Crippen LogP contribution in [0.5, 0.6) is 5.75 Å². The summed E-state index contributed by atoms with van der Waals surface area (Å²) in [6.07, 6.45) is 0. The molecular weight excluding hydrogens is 364 g/mol. The summed E-state index contributed by atoms with van der Waals surface area (Å²) in [5, 5.41) is 1.20. The van der Waals surface area contributed by atoms with Gasteiger partial charge in [0.2, 0.25) is 0 Å². The van der Waals surface area contributed by atoms with Crippen LogP contribution in [0, 0.1) is 0 Å². The summed E-state index contributed by atoms with van der Waals surface area (Å²) in [6.45, 7) is 0. The second-order valence-electron chi connectivity index (χ2n) is 5.58. The molecule has 0 spiro atoms. The molecule has 26 heavy (non-hydrogen) atoms. The van der Waals surface area contributed by atoms with Gasteiger partial charge in [0.05, 0.1) is 12.4 Å². The van der Waals surface area contributed by atoms with Crippen LogP contribution in [0.25, 0.3) is 0 Å². The number of para-hydroxylation sites is 2. The van der Waals surface area contributed by atoms with Crippen molar-refractivity contribution in [2.45, 2.75) is 5.25 Å². The van der Waals surface area contributed by atoms with Crippen LogP contribution < -0.4 is 10.5 Å². The lowest BCUT2D eigenvalue weighted by Gasteiger charge is -2.17. The van der Waals surface area contributed by atoms with E-state index in [1.54, 1.807) is 7.11 Å². The maximum atomic E-state index is 6.27. The van der Waals surface area contributed by atoms with Crippen LogP contribution in [0.2, 0.25) is 5.02 Å². The van der Waals surface area contributed by atoms with Gasteiger partial charge < -0.3 is 10.5 Å². The van der Waals surface area contributed by atoms with Crippen LogP contribution in [-0.2, 0) is 0 Å². The highest BCUT2D eigenvalue weighted by atomic mass is 35.5. The third-order valence-corrected chi connectivity index (χ3v) is 5.19. The largest absolute Gasteiger partial charge is 0.494 e. The molecule has 0 aliphatic carbocycles. The lowest BCUT2D eigenvalue weighted by Crippen LogP contribution is -2.10. The van der Waals surface area contributed by atoms with Crippen LogP contribution in [0.3, 0.4) is 0 Å². The van der Waals surface area contributed by atoms with E-state index in [2.05, 4.69) is 17.1 Å². The third-order valence-electron chi connectivity index (χ3n) is 3.83. The van der Waals surface area contributed by atoms with Crippen molar-refractivity contribution in [3.05, 3.63) is 95.0 Å². The van der Waals surface area contributed by atoms with E-state index in [4.69, 9.17) is 22.1 Å². The maximum Gasteiger partial charge on any atom is 0.160 e. The molecule has 5 heteroatoms. The third kappa shape index (κ3) is 4.59. The second kappa shape index (κ2) is 8.79. The van der Waals surface area contributed by atoms with Crippen LogP contribution >= 0.6 is 23.4 Å². The first-order valence-electron chi connectivity index (χ1n) is 8.11. The number of rotatable bonds is 5. The molecule has 0 heterocycles. The number of amidine groups is 1. The average Bonchev–Trinajstić information content (AvgIpc) is 2.68. The minimum atomic E-state index is 0.0203. The van der Waals surface area contributed by atoms with Gasteiger partial charge in [-0.05, 0) is 35.4 Å². The highest BCUT2D eigenvalue weighted by molar-refractivity contribution is 8.14. The zero-order valence-corrected chi connectivity index (χ0v) is 15.9.